The van der Waals surface area contributed by atoms with Gasteiger partial charge in [-0.25, -0.2) is 9.97 Å². The first-order chi connectivity index (χ1) is 25.2. The highest BCUT2D eigenvalue weighted by Crippen LogP contribution is 2.42. The van der Waals surface area contributed by atoms with Gasteiger partial charge in [0.1, 0.15) is 0 Å². The standard InChI is InChI=1S/C48H28N2S/c1-2-8-29(9-3-1)42-23-17-30-14-15-31-18-24-43(50-48(31)47(30)49-42)38-22-21-36(40-27-32-10-4-5-11-33(32)28-41(38)40)34-16-20-37-35(26-34)19-25-45-46(37)39-12-6-7-13-44(39)51-45/h1-28H. The predicted octanol–water partition coefficient (Wildman–Crippen LogP) is 13.6. The Balaban J connectivity index is 1.12. The number of nitrogens with zero attached hydrogens (tertiary/aromatic N) is 2. The molecule has 11 aromatic rings. The molecule has 0 aliphatic rings. The summed E-state index contributed by atoms with van der Waals surface area (Å²) in [6.45, 7) is 0. The number of hydrogen-bond donors (Lipinski definition) is 0. The quantitative estimate of drug-likeness (QED) is 0.139. The number of rotatable bonds is 3. The van der Waals surface area contributed by atoms with Gasteiger partial charge in [0.2, 0.25) is 0 Å². The zero-order valence-electron chi connectivity index (χ0n) is 27.5. The van der Waals surface area contributed by atoms with Crippen molar-refractivity contribution in [1.29, 1.82) is 0 Å². The second-order valence-corrected chi connectivity index (χ2v) is 14.4. The van der Waals surface area contributed by atoms with Crippen LogP contribution in [0.15, 0.2) is 170 Å². The third-order valence-corrected chi connectivity index (χ3v) is 11.6. The zero-order chi connectivity index (χ0) is 33.5. The van der Waals surface area contributed by atoms with Crippen LogP contribution in [0.2, 0.25) is 0 Å². The first-order valence-corrected chi connectivity index (χ1v) is 18.1. The van der Waals surface area contributed by atoms with Gasteiger partial charge in [0.25, 0.3) is 0 Å². The maximum atomic E-state index is 5.37. The molecule has 0 spiro atoms. The molecule has 11 rings (SSSR count). The Hall–Kier alpha value is -6.42. The minimum Gasteiger partial charge on any atom is -0.245 e. The fraction of sp³-hybridized carbons (Fsp3) is 0. The van der Waals surface area contributed by atoms with Crippen LogP contribution in [0.3, 0.4) is 0 Å². The van der Waals surface area contributed by atoms with Crippen LogP contribution in [0, 0.1) is 0 Å². The highest BCUT2D eigenvalue weighted by Gasteiger charge is 2.16. The van der Waals surface area contributed by atoms with Gasteiger partial charge in [-0.1, -0.05) is 127 Å². The molecule has 0 saturated carbocycles. The Morgan fingerprint density at radius 3 is 1.76 bits per heavy atom. The van der Waals surface area contributed by atoms with E-state index in [9.17, 15) is 0 Å². The predicted molar refractivity (Wildman–Crippen MR) is 219 cm³/mol. The molecular weight excluding hydrogens is 637 g/mol. The van der Waals surface area contributed by atoms with Crippen molar-refractivity contribution in [2.24, 2.45) is 0 Å². The van der Waals surface area contributed by atoms with E-state index in [0.29, 0.717) is 0 Å². The molecule has 8 aromatic carbocycles. The number of pyridine rings is 2. The summed E-state index contributed by atoms with van der Waals surface area (Å²) in [5, 5.41) is 12.3. The second kappa shape index (κ2) is 11.0. The summed E-state index contributed by atoms with van der Waals surface area (Å²) in [7, 11) is 0. The van der Waals surface area contributed by atoms with E-state index in [4.69, 9.17) is 9.97 Å². The van der Waals surface area contributed by atoms with E-state index in [0.717, 1.165) is 44.3 Å². The van der Waals surface area contributed by atoms with Crippen molar-refractivity contribution >= 4 is 85.6 Å². The lowest BCUT2D eigenvalue weighted by Gasteiger charge is -2.15. The largest absolute Gasteiger partial charge is 0.245 e. The summed E-state index contributed by atoms with van der Waals surface area (Å²) < 4.78 is 2.67. The summed E-state index contributed by atoms with van der Waals surface area (Å²) in [5.41, 5.74) is 8.38. The molecule has 0 radical (unpaired) electrons. The van der Waals surface area contributed by atoms with Gasteiger partial charge in [0.05, 0.1) is 22.4 Å². The van der Waals surface area contributed by atoms with Crippen molar-refractivity contribution in [3.8, 4) is 33.6 Å². The van der Waals surface area contributed by atoms with Crippen molar-refractivity contribution < 1.29 is 0 Å². The lowest BCUT2D eigenvalue weighted by Crippen LogP contribution is -1.92. The van der Waals surface area contributed by atoms with Crippen LogP contribution in [-0.4, -0.2) is 9.97 Å². The molecule has 0 N–H and O–H groups in total. The first kappa shape index (κ1) is 28.4. The maximum Gasteiger partial charge on any atom is 0.0972 e. The normalized spacial score (nSPS) is 11.9. The van der Waals surface area contributed by atoms with Crippen LogP contribution >= 0.6 is 11.3 Å². The average molecular weight is 665 g/mol. The molecule has 0 fully saturated rings. The van der Waals surface area contributed by atoms with E-state index in [-0.39, 0.29) is 0 Å². The first-order valence-electron chi connectivity index (χ1n) is 17.3. The third-order valence-electron chi connectivity index (χ3n) is 10.4. The Morgan fingerprint density at radius 1 is 0.333 bits per heavy atom. The van der Waals surface area contributed by atoms with E-state index in [2.05, 4.69) is 164 Å². The molecule has 51 heavy (non-hydrogen) atoms. The van der Waals surface area contributed by atoms with Crippen LogP contribution in [0.1, 0.15) is 0 Å². The smallest absolute Gasteiger partial charge is 0.0972 e. The summed E-state index contributed by atoms with van der Waals surface area (Å²) in [6.07, 6.45) is 0. The molecule has 236 valence electrons. The third kappa shape index (κ3) is 4.49. The van der Waals surface area contributed by atoms with E-state index in [1.54, 1.807) is 0 Å². The zero-order valence-corrected chi connectivity index (χ0v) is 28.3. The van der Waals surface area contributed by atoms with Crippen LogP contribution in [0.4, 0.5) is 0 Å². The lowest BCUT2D eigenvalue weighted by atomic mass is 9.90. The van der Waals surface area contributed by atoms with Gasteiger partial charge in [0.15, 0.2) is 0 Å². The Kier molecular flexibility index (Phi) is 6.16. The van der Waals surface area contributed by atoms with E-state index >= 15 is 0 Å². The molecule has 3 heteroatoms. The molecule has 3 heterocycles. The molecule has 3 aromatic heterocycles. The maximum absolute atomic E-state index is 5.37. The summed E-state index contributed by atoms with van der Waals surface area (Å²) >= 11 is 1.87. The van der Waals surface area contributed by atoms with Crippen LogP contribution in [0.5, 0.6) is 0 Å². The minimum absolute atomic E-state index is 0.919. The fourth-order valence-corrected chi connectivity index (χ4v) is 9.04. The Labute approximate surface area is 297 Å². The van der Waals surface area contributed by atoms with Gasteiger partial charge < -0.3 is 0 Å². The average Bonchev–Trinajstić information content (AvgIpc) is 3.59. The van der Waals surface area contributed by atoms with Gasteiger partial charge >= 0.3 is 0 Å². The summed E-state index contributed by atoms with van der Waals surface area (Å²) in [4.78, 5) is 10.5. The SMILES string of the molecule is c1ccc(-c2ccc3ccc4ccc(-c5ccc(-c6ccc7c(ccc8sc9ccccc9c87)c6)c6cc7ccccc7cc56)nc4c3n2)cc1. The van der Waals surface area contributed by atoms with Crippen LogP contribution in [0.25, 0.3) is 108 Å². The van der Waals surface area contributed by atoms with Crippen LogP contribution < -0.4 is 0 Å². The van der Waals surface area contributed by atoms with Crippen molar-refractivity contribution in [2.75, 3.05) is 0 Å². The molecule has 0 aliphatic carbocycles. The molecule has 0 saturated heterocycles. The summed E-state index contributed by atoms with van der Waals surface area (Å²) in [5.74, 6) is 0. The number of benzene rings is 8. The summed E-state index contributed by atoms with van der Waals surface area (Å²) in [6, 6.07) is 61.5. The van der Waals surface area contributed by atoms with Crippen molar-refractivity contribution in [1.82, 2.24) is 9.97 Å². The second-order valence-electron chi connectivity index (χ2n) is 13.3. The number of aromatic nitrogens is 2. The molecule has 0 unspecified atom stereocenters. The monoisotopic (exact) mass is 664 g/mol. The molecule has 0 amide bonds. The van der Waals surface area contributed by atoms with Crippen molar-refractivity contribution in [3.05, 3.63) is 170 Å². The van der Waals surface area contributed by atoms with E-state index in [1.165, 1.54) is 63.6 Å². The molecule has 0 aliphatic heterocycles. The van der Waals surface area contributed by atoms with Gasteiger partial charge in [-0.3, -0.25) is 0 Å². The molecule has 0 atom stereocenters. The highest BCUT2D eigenvalue weighted by molar-refractivity contribution is 7.26. The van der Waals surface area contributed by atoms with Gasteiger partial charge in [0, 0.05) is 42.1 Å². The van der Waals surface area contributed by atoms with Crippen molar-refractivity contribution in [2.45, 2.75) is 0 Å². The Morgan fingerprint density at radius 2 is 0.961 bits per heavy atom. The highest BCUT2D eigenvalue weighted by atomic mass is 32.1. The van der Waals surface area contributed by atoms with Gasteiger partial charge in [-0.05, 0) is 85.9 Å². The lowest BCUT2D eigenvalue weighted by molar-refractivity contribution is 1.37. The topological polar surface area (TPSA) is 25.8 Å². The van der Waals surface area contributed by atoms with Crippen molar-refractivity contribution in [3.63, 3.8) is 0 Å². The molecule has 0 bridgehead atoms. The fourth-order valence-electron chi connectivity index (χ4n) is 7.92. The number of thiophene rings is 1. The van der Waals surface area contributed by atoms with Gasteiger partial charge in [-0.15, -0.1) is 11.3 Å². The minimum atomic E-state index is 0.919. The number of fused-ring (bicyclic) bond motifs is 10. The van der Waals surface area contributed by atoms with Gasteiger partial charge in [-0.2, -0.15) is 0 Å². The van der Waals surface area contributed by atoms with E-state index < -0.39 is 0 Å². The molecule has 2 nitrogen and oxygen atoms in total. The molecular formula is C48H28N2S. The Bertz CT molecular complexity index is 3190. The number of hydrogen-bond acceptors (Lipinski definition) is 3. The van der Waals surface area contributed by atoms with Crippen LogP contribution in [-0.2, 0) is 0 Å². The van der Waals surface area contributed by atoms with E-state index in [1.807, 2.05) is 17.4 Å².